The van der Waals surface area contributed by atoms with E-state index in [1.807, 2.05) is 13.8 Å². The third-order valence-corrected chi connectivity index (χ3v) is 5.14. The number of nitrogens with one attached hydrogen (secondary N) is 1. The van der Waals surface area contributed by atoms with Crippen LogP contribution in [0.25, 0.3) is 5.52 Å². The molecule has 0 radical (unpaired) electrons. The number of sulfone groups is 1. The monoisotopic (exact) mass is 374 g/mol. The van der Waals surface area contributed by atoms with Crippen molar-refractivity contribution in [3.63, 3.8) is 0 Å². The van der Waals surface area contributed by atoms with Crippen LogP contribution in [0.1, 0.15) is 37.2 Å². The molecule has 0 fully saturated rings. The smallest absolute Gasteiger partial charge is 0.272 e. The number of pyridine rings is 1. The van der Waals surface area contributed by atoms with Crippen LogP contribution in [0.15, 0.2) is 29.6 Å². The second-order valence-electron chi connectivity index (χ2n) is 5.62. The molecule has 2 heterocycles. The number of amides is 1. The van der Waals surface area contributed by atoms with Crippen LogP contribution in [-0.2, 0) is 9.84 Å². The van der Waals surface area contributed by atoms with Crippen molar-refractivity contribution in [1.82, 2.24) is 14.7 Å². The summed E-state index contributed by atoms with van der Waals surface area (Å²) in [6.45, 7) is 4.20. The highest BCUT2D eigenvalue weighted by Gasteiger charge is 2.30. The Balaban J connectivity index is 0.00000288. The second-order valence-corrected chi connectivity index (χ2v) is 7.53. The molecule has 3 N–H and O–H groups in total. The summed E-state index contributed by atoms with van der Waals surface area (Å²) in [5.74, 6) is -0.419. The van der Waals surface area contributed by atoms with Gasteiger partial charge in [0.15, 0.2) is 5.69 Å². The number of imidazole rings is 1. The summed E-state index contributed by atoms with van der Waals surface area (Å²) >= 11 is 0. The Bertz CT molecular complexity index is 820. The van der Waals surface area contributed by atoms with Crippen LogP contribution in [-0.4, -0.2) is 42.0 Å². The number of carbonyl (C=O) groups is 1. The van der Waals surface area contributed by atoms with Crippen molar-refractivity contribution < 1.29 is 13.2 Å². The van der Waals surface area contributed by atoms with Crippen LogP contribution in [0.4, 0.5) is 0 Å². The van der Waals surface area contributed by atoms with Gasteiger partial charge in [-0.15, -0.1) is 12.4 Å². The van der Waals surface area contributed by atoms with Gasteiger partial charge in [-0.05, 0) is 25.0 Å². The minimum atomic E-state index is -3.56. The molecule has 0 unspecified atom stereocenters. The van der Waals surface area contributed by atoms with Gasteiger partial charge in [-0.25, -0.2) is 13.4 Å². The lowest BCUT2D eigenvalue weighted by atomic mass is 9.93. The second kappa shape index (κ2) is 7.50. The zero-order valence-electron chi connectivity index (χ0n) is 13.9. The molecule has 2 rings (SSSR count). The van der Waals surface area contributed by atoms with Crippen molar-refractivity contribution >= 4 is 33.7 Å². The predicted octanol–water partition coefficient (Wildman–Crippen LogP) is 1.41. The molecule has 0 saturated heterocycles. The van der Waals surface area contributed by atoms with E-state index in [-0.39, 0.29) is 23.3 Å². The predicted molar refractivity (Wildman–Crippen MR) is 95.4 cm³/mol. The number of hydrogen-bond acceptors (Lipinski definition) is 5. The molecule has 1 amide bonds. The van der Waals surface area contributed by atoms with Gasteiger partial charge < -0.3 is 11.1 Å². The molecule has 24 heavy (non-hydrogen) atoms. The van der Waals surface area contributed by atoms with Gasteiger partial charge in [0.1, 0.15) is 0 Å². The third-order valence-electron chi connectivity index (χ3n) is 4.19. The summed E-state index contributed by atoms with van der Waals surface area (Å²) in [5.41, 5.74) is 5.82. The number of aromatic nitrogens is 2. The Hall–Kier alpha value is -1.64. The molecule has 0 atom stereocenters. The van der Waals surface area contributed by atoms with Crippen LogP contribution in [0.5, 0.6) is 0 Å². The van der Waals surface area contributed by atoms with Crippen LogP contribution in [0, 0.1) is 0 Å². The quantitative estimate of drug-likeness (QED) is 0.794. The number of hydrogen-bond donors (Lipinski definition) is 2. The van der Waals surface area contributed by atoms with Crippen LogP contribution in [0.2, 0.25) is 0 Å². The number of carbonyl (C=O) groups excluding carboxylic acids is 1. The molecular formula is C15H23ClN4O3S. The SMILES string of the molecule is CCC(CC)(CN)NC(=O)c1nc(S(C)(=O)=O)n2ccccc12.Cl. The van der Waals surface area contributed by atoms with E-state index in [0.717, 1.165) is 6.26 Å². The first kappa shape index (κ1) is 20.4. The molecule has 0 spiro atoms. The topological polar surface area (TPSA) is 107 Å². The van der Waals surface area contributed by atoms with Gasteiger partial charge in [-0.2, -0.15) is 0 Å². The molecule has 0 aliphatic heterocycles. The van der Waals surface area contributed by atoms with Gasteiger partial charge in [0.25, 0.3) is 5.91 Å². The first-order valence-electron chi connectivity index (χ1n) is 7.47. The highest BCUT2D eigenvalue weighted by atomic mass is 35.5. The molecule has 7 nitrogen and oxygen atoms in total. The standard InChI is InChI=1S/C15H22N4O3S.ClH/c1-4-15(5-2,10-16)18-13(20)12-11-8-6-7-9-19(11)14(17-12)23(3,21)22;/h6-9H,4-5,10,16H2,1-3H3,(H,18,20);1H. The minimum Gasteiger partial charge on any atom is -0.344 e. The Labute approximate surface area is 148 Å². The van der Waals surface area contributed by atoms with Gasteiger partial charge in [-0.3, -0.25) is 9.20 Å². The van der Waals surface area contributed by atoms with Crippen molar-refractivity contribution in [2.45, 2.75) is 37.4 Å². The number of nitrogens with two attached hydrogens (primary N) is 1. The van der Waals surface area contributed by atoms with Crippen LogP contribution < -0.4 is 11.1 Å². The highest BCUT2D eigenvalue weighted by molar-refractivity contribution is 7.90. The number of rotatable bonds is 6. The summed E-state index contributed by atoms with van der Waals surface area (Å²) in [5, 5.41) is 2.77. The molecule has 2 aromatic rings. The Morgan fingerprint density at radius 3 is 2.46 bits per heavy atom. The van der Waals surface area contributed by atoms with Crippen molar-refractivity contribution in [3.05, 3.63) is 30.1 Å². The van der Waals surface area contributed by atoms with E-state index in [4.69, 9.17) is 5.73 Å². The molecule has 0 aliphatic rings. The van der Waals surface area contributed by atoms with Gasteiger partial charge >= 0.3 is 0 Å². The fraction of sp³-hybridized carbons (Fsp3) is 0.467. The van der Waals surface area contributed by atoms with E-state index in [2.05, 4.69) is 10.3 Å². The lowest BCUT2D eigenvalue weighted by Crippen LogP contribution is -2.53. The molecule has 0 aromatic carbocycles. The number of fused-ring (bicyclic) bond motifs is 1. The van der Waals surface area contributed by atoms with E-state index in [0.29, 0.717) is 24.9 Å². The van der Waals surface area contributed by atoms with Crippen molar-refractivity contribution in [2.24, 2.45) is 5.73 Å². The normalized spacial score (nSPS) is 12.0. The lowest BCUT2D eigenvalue weighted by Gasteiger charge is -2.31. The van der Waals surface area contributed by atoms with Crippen molar-refractivity contribution in [1.29, 1.82) is 0 Å². The Kier molecular flexibility index (Phi) is 6.38. The van der Waals surface area contributed by atoms with Crippen LogP contribution in [0.3, 0.4) is 0 Å². The fourth-order valence-corrected chi connectivity index (χ4v) is 3.28. The van der Waals surface area contributed by atoms with Crippen molar-refractivity contribution in [3.8, 4) is 0 Å². The summed E-state index contributed by atoms with van der Waals surface area (Å²) in [4.78, 5) is 16.7. The Morgan fingerprint density at radius 2 is 1.96 bits per heavy atom. The first-order chi connectivity index (χ1) is 10.8. The average molecular weight is 375 g/mol. The first-order valence-corrected chi connectivity index (χ1v) is 9.37. The summed E-state index contributed by atoms with van der Waals surface area (Å²) in [6.07, 6.45) is 4.00. The molecule has 0 bridgehead atoms. The van der Waals surface area contributed by atoms with Gasteiger partial charge in [0.2, 0.25) is 15.0 Å². The van der Waals surface area contributed by atoms with E-state index >= 15 is 0 Å². The highest BCUT2D eigenvalue weighted by Crippen LogP contribution is 2.19. The zero-order valence-corrected chi connectivity index (χ0v) is 15.6. The maximum absolute atomic E-state index is 12.7. The maximum Gasteiger partial charge on any atom is 0.272 e. The minimum absolute atomic E-state index is 0. The van der Waals surface area contributed by atoms with Gasteiger partial charge in [0.05, 0.1) is 11.1 Å². The van der Waals surface area contributed by atoms with Crippen molar-refractivity contribution in [2.75, 3.05) is 12.8 Å². The summed E-state index contributed by atoms with van der Waals surface area (Å²) in [6, 6.07) is 5.08. The van der Waals surface area contributed by atoms with E-state index in [1.165, 1.54) is 4.40 Å². The molecule has 2 aromatic heterocycles. The Morgan fingerprint density at radius 1 is 1.33 bits per heavy atom. The summed E-state index contributed by atoms with van der Waals surface area (Å²) in [7, 11) is -3.56. The average Bonchev–Trinajstić information content (AvgIpc) is 2.92. The molecule has 0 aliphatic carbocycles. The number of nitrogens with zero attached hydrogens (tertiary/aromatic N) is 2. The molecule has 134 valence electrons. The van der Waals surface area contributed by atoms with Gasteiger partial charge in [-0.1, -0.05) is 19.9 Å². The lowest BCUT2D eigenvalue weighted by molar-refractivity contribution is 0.0892. The largest absolute Gasteiger partial charge is 0.344 e. The molecule has 0 saturated carbocycles. The number of halogens is 1. The maximum atomic E-state index is 12.7. The van der Waals surface area contributed by atoms with Crippen LogP contribution >= 0.6 is 12.4 Å². The van der Waals surface area contributed by atoms with E-state index in [1.54, 1.807) is 24.4 Å². The zero-order chi connectivity index (χ0) is 17.3. The summed E-state index contributed by atoms with van der Waals surface area (Å²) < 4.78 is 25.2. The van der Waals surface area contributed by atoms with E-state index in [9.17, 15) is 13.2 Å². The van der Waals surface area contributed by atoms with E-state index < -0.39 is 21.3 Å². The molecule has 9 heteroatoms. The fourth-order valence-electron chi connectivity index (χ4n) is 2.50. The van der Waals surface area contributed by atoms with Gasteiger partial charge in [0, 0.05) is 19.0 Å². The molecular weight excluding hydrogens is 352 g/mol. The third kappa shape index (κ3) is 3.71.